The van der Waals surface area contributed by atoms with Crippen molar-refractivity contribution in [3.8, 4) is 11.6 Å². The van der Waals surface area contributed by atoms with E-state index in [1.165, 1.54) is 6.08 Å². The first-order valence-electron chi connectivity index (χ1n) is 10.2. The van der Waals surface area contributed by atoms with Crippen molar-refractivity contribution in [3.05, 3.63) is 78.6 Å². The Bertz CT molecular complexity index is 1130. The maximum Gasteiger partial charge on any atom is 0.254 e. The van der Waals surface area contributed by atoms with Crippen molar-refractivity contribution < 1.29 is 14.3 Å². The predicted octanol–water partition coefficient (Wildman–Crippen LogP) is 2.10. The Morgan fingerprint density at radius 1 is 1.25 bits per heavy atom. The van der Waals surface area contributed by atoms with Gasteiger partial charge in [-0.3, -0.25) is 14.3 Å². The minimum absolute atomic E-state index is 0.00120. The number of rotatable bonds is 8. The topological polar surface area (TPSA) is 115 Å². The van der Waals surface area contributed by atoms with Crippen LogP contribution in [0.3, 0.4) is 0 Å². The first kappa shape index (κ1) is 21.1. The molecule has 4 rings (SSSR count). The van der Waals surface area contributed by atoms with Crippen LogP contribution in [0, 0.1) is 0 Å². The zero-order valence-electron chi connectivity index (χ0n) is 17.5. The highest BCUT2D eigenvalue weighted by atomic mass is 16.5. The fourth-order valence-electron chi connectivity index (χ4n) is 3.58. The van der Waals surface area contributed by atoms with Crippen LogP contribution in [-0.2, 0) is 11.3 Å². The van der Waals surface area contributed by atoms with Crippen LogP contribution in [0.2, 0.25) is 0 Å². The number of nitrogens with two attached hydrogens (primary N) is 1. The number of aromatic nitrogens is 3. The minimum atomic E-state index is -0.631. The second kappa shape index (κ2) is 9.34. The van der Waals surface area contributed by atoms with Crippen molar-refractivity contribution in [1.29, 1.82) is 0 Å². The molecule has 1 unspecified atom stereocenters. The summed E-state index contributed by atoms with van der Waals surface area (Å²) in [6.45, 7) is 5.37. The van der Waals surface area contributed by atoms with E-state index in [1.54, 1.807) is 29.2 Å². The molecular formula is C23H24N6O3. The molecule has 3 heterocycles. The van der Waals surface area contributed by atoms with Gasteiger partial charge in [0, 0.05) is 19.1 Å². The van der Waals surface area contributed by atoms with Crippen molar-refractivity contribution in [2.45, 2.75) is 19.0 Å². The van der Waals surface area contributed by atoms with Crippen molar-refractivity contribution in [3.63, 3.8) is 0 Å². The molecule has 1 aliphatic heterocycles. The summed E-state index contributed by atoms with van der Waals surface area (Å²) in [4.78, 5) is 30.0. The van der Waals surface area contributed by atoms with E-state index in [2.05, 4.69) is 22.0 Å². The van der Waals surface area contributed by atoms with Crippen molar-refractivity contribution >= 4 is 17.6 Å². The van der Waals surface area contributed by atoms with Gasteiger partial charge in [-0.25, -0.2) is 0 Å². The Kier molecular flexibility index (Phi) is 6.16. The van der Waals surface area contributed by atoms with Crippen LogP contribution in [0.25, 0.3) is 0 Å². The van der Waals surface area contributed by atoms with E-state index in [0.717, 1.165) is 12.0 Å². The fourth-order valence-corrected chi connectivity index (χ4v) is 3.58. The van der Waals surface area contributed by atoms with Gasteiger partial charge in [0.25, 0.3) is 5.91 Å². The highest BCUT2D eigenvalue weighted by Crippen LogP contribution is 2.28. The van der Waals surface area contributed by atoms with Gasteiger partial charge in [0.05, 0.1) is 18.9 Å². The number of hydrogen-bond donors (Lipinski definition) is 2. The standard InChI is InChI=1S/C23H24N6O3/c1-2-21(30)26-17-10-11-28(14-17)20-9-8-19(22(24)31)23(27-20)32-18-12-25-29(15-18)13-16-6-4-3-5-7-16/h2-9,12,15,17H,1,10-11,13-14H2,(H2,24,31)(H,26,30). The van der Waals surface area contributed by atoms with Crippen LogP contribution >= 0.6 is 0 Å². The average Bonchev–Trinajstić information content (AvgIpc) is 3.43. The summed E-state index contributed by atoms with van der Waals surface area (Å²) in [5.74, 6) is 0.370. The Labute approximate surface area is 185 Å². The summed E-state index contributed by atoms with van der Waals surface area (Å²) < 4.78 is 7.64. The van der Waals surface area contributed by atoms with Crippen LogP contribution in [0.4, 0.5) is 5.82 Å². The number of anilines is 1. The SMILES string of the molecule is C=CC(=O)NC1CCN(c2ccc(C(N)=O)c(Oc3cnn(Cc4ccccc4)c3)n2)C1. The third kappa shape index (κ3) is 4.94. The number of pyridine rings is 1. The molecule has 2 aromatic heterocycles. The van der Waals surface area contributed by atoms with Crippen molar-refractivity contribution in [1.82, 2.24) is 20.1 Å². The van der Waals surface area contributed by atoms with E-state index in [0.29, 0.717) is 31.2 Å². The number of carbonyl (C=O) groups is 2. The normalized spacial score (nSPS) is 15.4. The smallest absolute Gasteiger partial charge is 0.254 e. The number of nitrogens with zero attached hydrogens (tertiary/aromatic N) is 4. The molecule has 0 spiro atoms. The predicted molar refractivity (Wildman–Crippen MR) is 120 cm³/mol. The number of hydrogen-bond acceptors (Lipinski definition) is 6. The number of ether oxygens (including phenoxy) is 1. The zero-order chi connectivity index (χ0) is 22.5. The second-order valence-electron chi connectivity index (χ2n) is 7.49. The molecule has 0 saturated carbocycles. The molecule has 1 atom stereocenters. The van der Waals surface area contributed by atoms with Gasteiger partial charge in [0.2, 0.25) is 11.8 Å². The van der Waals surface area contributed by atoms with Crippen LogP contribution < -0.4 is 20.7 Å². The maximum absolute atomic E-state index is 11.9. The van der Waals surface area contributed by atoms with Crippen molar-refractivity contribution in [2.24, 2.45) is 5.73 Å². The van der Waals surface area contributed by atoms with Crippen LogP contribution in [0.1, 0.15) is 22.3 Å². The van der Waals surface area contributed by atoms with Gasteiger partial charge >= 0.3 is 0 Å². The third-order valence-corrected chi connectivity index (χ3v) is 5.17. The van der Waals surface area contributed by atoms with E-state index in [1.807, 2.05) is 35.2 Å². The Balaban J connectivity index is 1.50. The largest absolute Gasteiger partial charge is 0.435 e. The zero-order valence-corrected chi connectivity index (χ0v) is 17.5. The van der Waals surface area contributed by atoms with Gasteiger partial charge in [-0.2, -0.15) is 10.1 Å². The number of nitrogens with one attached hydrogen (secondary N) is 1. The third-order valence-electron chi connectivity index (χ3n) is 5.17. The lowest BCUT2D eigenvalue weighted by molar-refractivity contribution is -0.117. The average molecular weight is 432 g/mol. The highest BCUT2D eigenvalue weighted by molar-refractivity contribution is 5.95. The summed E-state index contributed by atoms with van der Waals surface area (Å²) in [6.07, 6.45) is 5.34. The van der Waals surface area contributed by atoms with Gasteiger partial charge in [0.15, 0.2) is 5.75 Å². The lowest BCUT2D eigenvalue weighted by atomic mass is 10.2. The number of benzene rings is 1. The first-order chi connectivity index (χ1) is 15.5. The summed E-state index contributed by atoms with van der Waals surface area (Å²) in [5, 5.41) is 7.21. The molecule has 32 heavy (non-hydrogen) atoms. The molecule has 3 N–H and O–H groups in total. The number of amides is 2. The molecule has 0 bridgehead atoms. The molecule has 164 valence electrons. The summed E-state index contributed by atoms with van der Waals surface area (Å²) in [7, 11) is 0. The van der Waals surface area contributed by atoms with E-state index in [-0.39, 0.29) is 23.4 Å². The van der Waals surface area contributed by atoms with E-state index >= 15 is 0 Å². The molecule has 9 nitrogen and oxygen atoms in total. The van der Waals surface area contributed by atoms with Crippen LogP contribution in [-0.4, -0.2) is 45.7 Å². The minimum Gasteiger partial charge on any atom is -0.435 e. The molecule has 1 fully saturated rings. The fraction of sp³-hybridized carbons (Fsp3) is 0.217. The highest BCUT2D eigenvalue weighted by Gasteiger charge is 2.25. The molecule has 0 aliphatic carbocycles. The Morgan fingerprint density at radius 3 is 2.81 bits per heavy atom. The van der Waals surface area contributed by atoms with Gasteiger partial charge in [-0.05, 0) is 30.2 Å². The van der Waals surface area contributed by atoms with Crippen LogP contribution in [0.5, 0.6) is 11.6 Å². The summed E-state index contributed by atoms with van der Waals surface area (Å²) in [5.41, 5.74) is 6.81. The molecule has 1 aromatic carbocycles. The number of primary amides is 1. The maximum atomic E-state index is 11.9. The van der Waals surface area contributed by atoms with Gasteiger partial charge in [-0.1, -0.05) is 36.9 Å². The molecule has 3 aromatic rings. The molecule has 1 saturated heterocycles. The summed E-state index contributed by atoms with van der Waals surface area (Å²) >= 11 is 0. The van der Waals surface area contributed by atoms with E-state index in [9.17, 15) is 9.59 Å². The van der Waals surface area contributed by atoms with Gasteiger partial charge < -0.3 is 20.7 Å². The molecular weight excluding hydrogens is 408 g/mol. The molecule has 1 aliphatic rings. The molecule has 2 amide bonds. The quantitative estimate of drug-likeness (QED) is 0.527. The monoisotopic (exact) mass is 432 g/mol. The lowest BCUT2D eigenvalue weighted by Crippen LogP contribution is -2.36. The second-order valence-corrected chi connectivity index (χ2v) is 7.49. The molecule has 9 heteroatoms. The van der Waals surface area contributed by atoms with E-state index < -0.39 is 5.91 Å². The summed E-state index contributed by atoms with van der Waals surface area (Å²) in [6, 6.07) is 13.2. The van der Waals surface area contributed by atoms with Gasteiger partial charge in [0.1, 0.15) is 11.4 Å². The lowest BCUT2D eigenvalue weighted by Gasteiger charge is -2.19. The van der Waals surface area contributed by atoms with E-state index in [4.69, 9.17) is 10.5 Å². The Hall–Kier alpha value is -4.14. The molecule has 0 radical (unpaired) electrons. The first-order valence-corrected chi connectivity index (χ1v) is 10.2. The van der Waals surface area contributed by atoms with Gasteiger partial charge in [-0.15, -0.1) is 0 Å². The van der Waals surface area contributed by atoms with Crippen LogP contribution in [0.15, 0.2) is 67.5 Å². The Morgan fingerprint density at radius 2 is 2.06 bits per heavy atom. The van der Waals surface area contributed by atoms with Crippen molar-refractivity contribution in [2.75, 3.05) is 18.0 Å². The number of carbonyl (C=O) groups excluding carboxylic acids is 2.